The van der Waals surface area contributed by atoms with Crippen LogP contribution in [0.1, 0.15) is 33.1 Å². The minimum absolute atomic E-state index is 0.156. The Morgan fingerprint density at radius 1 is 1.44 bits per heavy atom. The molecule has 0 aromatic heterocycles. The maximum atomic E-state index is 8.78. The molecule has 0 rings (SSSR count). The first kappa shape index (κ1) is 8.92. The maximum absolute atomic E-state index is 8.78. The number of ether oxygens (including phenoxy) is 1. The predicted molar refractivity (Wildman–Crippen MR) is 36.3 cm³/mol. The standard InChI is InChI=1S/C7H15O2/c1-3-5-6-9-7(8)4-2/h8H,3-6H2,1-2H3. The van der Waals surface area contributed by atoms with Crippen molar-refractivity contribution in [2.75, 3.05) is 6.61 Å². The van der Waals surface area contributed by atoms with Gasteiger partial charge in [0.1, 0.15) is 0 Å². The highest BCUT2D eigenvalue weighted by atomic mass is 16.6. The molecule has 9 heavy (non-hydrogen) atoms. The predicted octanol–water partition coefficient (Wildman–Crippen LogP) is 2.08. The van der Waals surface area contributed by atoms with Gasteiger partial charge in [-0.2, -0.15) is 0 Å². The van der Waals surface area contributed by atoms with Crippen molar-refractivity contribution in [3.63, 3.8) is 0 Å². The molecule has 0 aliphatic heterocycles. The molecule has 2 nitrogen and oxygen atoms in total. The number of aliphatic hydroxyl groups is 1. The Labute approximate surface area is 56.8 Å². The number of hydrogen-bond acceptors (Lipinski definition) is 2. The molecule has 0 saturated heterocycles. The Hall–Kier alpha value is -0.0800. The first-order chi connectivity index (χ1) is 4.31. The largest absolute Gasteiger partial charge is 0.361 e. The third-order valence-electron chi connectivity index (χ3n) is 1.07. The van der Waals surface area contributed by atoms with Crippen molar-refractivity contribution in [2.45, 2.75) is 33.1 Å². The summed E-state index contributed by atoms with van der Waals surface area (Å²) >= 11 is 0. The van der Waals surface area contributed by atoms with Gasteiger partial charge in [-0.1, -0.05) is 20.3 Å². The fourth-order valence-electron chi connectivity index (χ4n) is 0.436. The summed E-state index contributed by atoms with van der Waals surface area (Å²) in [7, 11) is 0. The van der Waals surface area contributed by atoms with E-state index in [4.69, 9.17) is 9.84 Å². The van der Waals surface area contributed by atoms with Gasteiger partial charge in [0.25, 0.3) is 0 Å². The van der Waals surface area contributed by atoms with E-state index in [2.05, 4.69) is 6.92 Å². The van der Waals surface area contributed by atoms with Gasteiger partial charge in [-0.05, 0) is 6.42 Å². The van der Waals surface area contributed by atoms with Gasteiger partial charge >= 0.3 is 0 Å². The van der Waals surface area contributed by atoms with Crippen molar-refractivity contribution >= 4 is 0 Å². The molecule has 1 radical (unpaired) electrons. The molecule has 0 atom stereocenters. The summed E-state index contributed by atoms with van der Waals surface area (Å²) in [5.74, 6) is 0. The average molecular weight is 131 g/mol. The summed E-state index contributed by atoms with van der Waals surface area (Å²) in [6.45, 7) is 4.60. The fraction of sp³-hybridized carbons (Fsp3) is 0.857. The van der Waals surface area contributed by atoms with Gasteiger partial charge in [0.05, 0.1) is 6.61 Å². The highest BCUT2D eigenvalue weighted by Crippen LogP contribution is 2.02. The van der Waals surface area contributed by atoms with Gasteiger partial charge in [0, 0.05) is 6.42 Å². The van der Waals surface area contributed by atoms with Crippen LogP contribution in [-0.4, -0.2) is 11.7 Å². The van der Waals surface area contributed by atoms with E-state index in [0.29, 0.717) is 13.0 Å². The van der Waals surface area contributed by atoms with Gasteiger partial charge in [-0.3, -0.25) is 0 Å². The van der Waals surface area contributed by atoms with Crippen LogP contribution in [0.5, 0.6) is 0 Å². The third kappa shape index (κ3) is 5.80. The molecule has 0 saturated carbocycles. The second-order valence-corrected chi connectivity index (χ2v) is 1.95. The minimum atomic E-state index is 0.156. The highest BCUT2D eigenvalue weighted by Gasteiger charge is 1.99. The second kappa shape index (κ2) is 6.05. The van der Waals surface area contributed by atoms with E-state index < -0.39 is 0 Å². The van der Waals surface area contributed by atoms with Crippen LogP contribution in [0.25, 0.3) is 0 Å². The van der Waals surface area contributed by atoms with E-state index in [9.17, 15) is 0 Å². The van der Waals surface area contributed by atoms with Gasteiger partial charge in [-0.15, -0.1) is 0 Å². The molecule has 0 heterocycles. The summed E-state index contributed by atoms with van der Waals surface area (Å²) in [6, 6.07) is 0. The van der Waals surface area contributed by atoms with Crippen LogP contribution in [0.3, 0.4) is 0 Å². The Morgan fingerprint density at radius 3 is 2.56 bits per heavy atom. The zero-order valence-electron chi connectivity index (χ0n) is 6.18. The normalized spacial score (nSPS) is 10.7. The van der Waals surface area contributed by atoms with Crippen molar-refractivity contribution in [1.29, 1.82) is 0 Å². The SMILES string of the molecule is CCCCO[C](O)CC. The van der Waals surface area contributed by atoms with E-state index in [1.54, 1.807) is 0 Å². The van der Waals surface area contributed by atoms with Crippen molar-refractivity contribution in [3.05, 3.63) is 6.29 Å². The minimum Gasteiger partial charge on any atom is -0.361 e. The molecule has 0 bridgehead atoms. The molecule has 0 unspecified atom stereocenters. The second-order valence-electron chi connectivity index (χ2n) is 1.95. The molecule has 0 fully saturated rings. The average Bonchev–Trinajstić information content (AvgIpc) is 1.89. The number of aliphatic hydroxyl groups excluding tert-OH is 1. The molecule has 55 valence electrons. The Bertz CT molecular complexity index is 54.9. The molecule has 0 aromatic rings. The lowest BCUT2D eigenvalue weighted by atomic mass is 10.4. The molecule has 1 N–H and O–H groups in total. The van der Waals surface area contributed by atoms with Crippen LogP contribution in [0.4, 0.5) is 0 Å². The van der Waals surface area contributed by atoms with Crippen LogP contribution in [0.2, 0.25) is 0 Å². The van der Waals surface area contributed by atoms with Gasteiger partial charge in [-0.25, -0.2) is 0 Å². The Balaban J connectivity index is 2.88. The van der Waals surface area contributed by atoms with Crippen LogP contribution >= 0.6 is 0 Å². The summed E-state index contributed by atoms with van der Waals surface area (Å²) in [4.78, 5) is 0. The summed E-state index contributed by atoms with van der Waals surface area (Å²) in [5, 5.41) is 8.78. The number of hydrogen-bond donors (Lipinski definition) is 1. The first-order valence-corrected chi connectivity index (χ1v) is 3.48. The van der Waals surface area contributed by atoms with Crippen LogP contribution in [-0.2, 0) is 4.74 Å². The van der Waals surface area contributed by atoms with Crippen molar-refractivity contribution in [2.24, 2.45) is 0 Å². The lowest BCUT2D eigenvalue weighted by Crippen LogP contribution is -2.01. The van der Waals surface area contributed by atoms with E-state index in [1.807, 2.05) is 6.92 Å². The molecule has 0 aromatic carbocycles. The van der Waals surface area contributed by atoms with E-state index in [0.717, 1.165) is 12.8 Å². The Kier molecular flexibility index (Phi) is 5.99. The molecular weight excluding hydrogens is 116 g/mol. The molecule has 0 aliphatic carbocycles. The van der Waals surface area contributed by atoms with Crippen molar-refractivity contribution in [3.8, 4) is 0 Å². The smallest absolute Gasteiger partial charge is 0.220 e. The third-order valence-corrected chi connectivity index (χ3v) is 1.07. The van der Waals surface area contributed by atoms with Crippen molar-refractivity contribution < 1.29 is 9.84 Å². The monoisotopic (exact) mass is 131 g/mol. The Morgan fingerprint density at radius 2 is 2.11 bits per heavy atom. The van der Waals surface area contributed by atoms with E-state index in [-0.39, 0.29) is 6.29 Å². The molecular formula is C7H15O2. The van der Waals surface area contributed by atoms with Crippen LogP contribution in [0.15, 0.2) is 0 Å². The van der Waals surface area contributed by atoms with Gasteiger partial charge in [0.2, 0.25) is 6.29 Å². The highest BCUT2D eigenvalue weighted by molar-refractivity contribution is 4.55. The molecule has 2 heteroatoms. The van der Waals surface area contributed by atoms with Crippen LogP contribution in [0, 0.1) is 6.29 Å². The molecule has 0 aliphatic rings. The molecule has 0 spiro atoms. The zero-order valence-corrected chi connectivity index (χ0v) is 6.18. The number of unbranched alkanes of at least 4 members (excludes halogenated alkanes) is 1. The zero-order chi connectivity index (χ0) is 7.11. The van der Waals surface area contributed by atoms with Gasteiger partial charge < -0.3 is 9.84 Å². The lowest BCUT2D eigenvalue weighted by molar-refractivity contribution is 0.000601. The quantitative estimate of drug-likeness (QED) is 0.579. The summed E-state index contributed by atoms with van der Waals surface area (Å²) in [6.07, 6.45) is 2.88. The van der Waals surface area contributed by atoms with Gasteiger partial charge in [0.15, 0.2) is 0 Å². The fourth-order valence-corrected chi connectivity index (χ4v) is 0.436. The van der Waals surface area contributed by atoms with E-state index >= 15 is 0 Å². The maximum Gasteiger partial charge on any atom is 0.220 e. The molecule has 0 amide bonds. The lowest BCUT2D eigenvalue weighted by Gasteiger charge is -2.05. The first-order valence-electron chi connectivity index (χ1n) is 3.48. The number of rotatable bonds is 5. The topological polar surface area (TPSA) is 29.5 Å². The summed E-state index contributed by atoms with van der Waals surface area (Å²) < 4.78 is 4.90. The van der Waals surface area contributed by atoms with Crippen LogP contribution < -0.4 is 0 Å². The van der Waals surface area contributed by atoms with E-state index in [1.165, 1.54) is 0 Å². The van der Waals surface area contributed by atoms with Crippen molar-refractivity contribution in [1.82, 2.24) is 0 Å². The summed E-state index contributed by atoms with van der Waals surface area (Å²) in [5.41, 5.74) is 0.